The maximum Gasteiger partial charge on any atom is 0.00721 e. The van der Waals surface area contributed by atoms with Gasteiger partial charge in [0.2, 0.25) is 0 Å². The van der Waals surface area contributed by atoms with Gasteiger partial charge in [0.05, 0.1) is 0 Å². The fourth-order valence-corrected chi connectivity index (χ4v) is 4.57. The van der Waals surface area contributed by atoms with Gasteiger partial charge in [0.15, 0.2) is 0 Å². The SMILES string of the molecule is CC1CCCCCC(NC2CCCCCCC(S)CC2)C1. The van der Waals surface area contributed by atoms with E-state index < -0.39 is 0 Å². The molecular weight excluding hydrogens is 274 g/mol. The summed E-state index contributed by atoms with van der Waals surface area (Å²) in [6.07, 6.45) is 19.7. The molecule has 0 aliphatic heterocycles. The molecule has 0 heterocycles. The van der Waals surface area contributed by atoms with Gasteiger partial charge in [-0.3, -0.25) is 0 Å². The van der Waals surface area contributed by atoms with Gasteiger partial charge in [0.25, 0.3) is 0 Å². The minimum atomic E-state index is 0.642. The Bertz CT molecular complexity index is 268. The van der Waals surface area contributed by atoms with E-state index in [1.807, 2.05) is 0 Å². The standard InChI is InChI=1S/C19H37NS/c1-16-9-5-4-7-11-18(15-16)20-17-10-6-2-3-8-12-19(21)14-13-17/h16-21H,2-15H2,1H3. The lowest BCUT2D eigenvalue weighted by Crippen LogP contribution is -2.40. The Morgan fingerprint density at radius 3 is 2.10 bits per heavy atom. The predicted octanol–water partition coefficient (Wildman–Crippen LogP) is 5.74. The Labute approximate surface area is 138 Å². The van der Waals surface area contributed by atoms with Crippen molar-refractivity contribution < 1.29 is 0 Å². The van der Waals surface area contributed by atoms with Crippen molar-refractivity contribution in [1.82, 2.24) is 5.32 Å². The normalized spacial score (nSPS) is 37.4. The average Bonchev–Trinajstić information content (AvgIpc) is 2.44. The number of rotatable bonds is 2. The highest BCUT2D eigenvalue weighted by Crippen LogP contribution is 2.25. The second-order valence-electron chi connectivity index (χ2n) is 7.76. The van der Waals surface area contributed by atoms with Gasteiger partial charge in [-0.2, -0.15) is 12.6 Å². The fraction of sp³-hybridized carbons (Fsp3) is 1.00. The lowest BCUT2D eigenvalue weighted by Gasteiger charge is -2.30. The summed E-state index contributed by atoms with van der Waals surface area (Å²) in [6, 6.07) is 1.54. The molecule has 124 valence electrons. The van der Waals surface area contributed by atoms with Crippen LogP contribution in [0.5, 0.6) is 0 Å². The molecule has 4 unspecified atom stereocenters. The lowest BCUT2D eigenvalue weighted by atomic mass is 9.88. The molecule has 21 heavy (non-hydrogen) atoms. The minimum Gasteiger partial charge on any atom is -0.311 e. The zero-order valence-electron chi connectivity index (χ0n) is 14.2. The van der Waals surface area contributed by atoms with Crippen molar-refractivity contribution in [3.63, 3.8) is 0 Å². The molecular formula is C19H37NS. The van der Waals surface area contributed by atoms with Crippen LogP contribution in [0.15, 0.2) is 0 Å². The smallest absolute Gasteiger partial charge is 0.00721 e. The van der Waals surface area contributed by atoms with E-state index in [-0.39, 0.29) is 0 Å². The first-order chi connectivity index (χ1) is 10.2. The van der Waals surface area contributed by atoms with Gasteiger partial charge in [-0.25, -0.2) is 0 Å². The molecule has 0 aromatic heterocycles. The van der Waals surface area contributed by atoms with E-state index in [1.54, 1.807) is 0 Å². The molecule has 0 amide bonds. The van der Waals surface area contributed by atoms with Crippen LogP contribution in [-0.2, 0) is 0 Å². The topological polar surface area (TPSA) is 12.0 Å². The van der Waals surface area contributed by atoms with Crippen molar-refractivity contribution in [2.75, 3.05) is 0 Å². The van der Waals surface area contributed by atoms with Gasteiger partial charge in [0, 0.05) is 17.3 Å². The molecule has 2 saturated carbocycles. The largest absolute Gasteiger partial charge is 0.311 e. The third-order valence-corrected chi connectivity index (χ3v) is 6.11. The Balaban J connectivity index is 1.81. The van der Waals surface area contributed by atoms with Crippen LogP contribution in [0.4, 0.5) is 0 Å². The molecule has 0 bridgehead atoms. The second-order valence-corrected chi connectivity index (χ2v) is 8.49. The molecule has 1 N–H and O–H groups in total. The first-order valence-electron chi connectivity index (χ1n) is 9.68. The summed E-state index contributed by atoms with van der Waals surface area (Å²) in [5.74, 6) is 0.917. The van der Waals surface area contributed by atoms with Crippen LogP contribution >= 0.6 is 12.6 Å². The molecule has 0 spiro atoms. The summed E-state index contributed by atoms with van der Waals surface area (Å²) in [5, 5.41) is 4.70. The quantitative estimate of drug-likeness (QED) is 0.620. The van der Waals surface area contributed by atoms with Gasteiger partial charge in [-0.15, -0.1) is 0 Å². The Morgan fingerprint density at radius 2 is 1.29 bits per heavy atom. The summed E-state index contributed by atoms with van der Waals surface area (Å²) in [4.78, 5) is 0. The zero-order chi connectivity index (χ0) is 14.9. The maximum absolute atomic E-state index is 4.79. The number of hydrogen-bond donors (Lipinski definition) is 2. The zero-order valence-corrected chi connectivity index (χ0v) is 15.1. The van der Waals surface area contributed by atoms with Gasteiger partial charge in [-0.1, -0.05) is 58.3 Å². The van der Waals surface area contributed by atoms with Crippen LogP contribution in [0, 0.1) is 5.92 Å². The van der Waals surface area contributed by atoms with Crippen LogP contribution in [0.1, 0.15) is 96.8 Å². The minimum absolute atomic E-state index is 0.642. The van der Waals surface area contributed by atoms with E-state index in [0.29, 0.717) is 5.25 Å². The number of thiol groups is 1. The summed E-state index contributed by atoms with van der Waals surface area (Å²) >= 11 is 4.79. The molecule has 2 fully saturated rings. The summed E-state index contributed by atoms with van der Waals surface area (Å²) in [7, 11) is 0. The first-order valence-corrected chi connectivity index (χ1v) is 10.2. The summed E-state index contributed by atoms with van der Waals surface area (Å²) < 4.78 is 0. The summed E-state index contributed by atoms with van der Waals surface area (Å²) in [5.41, 5.74) is 0. The third-order valence-electron chi connectivity index (χ3n) is 5.60. The van der Waals surface area contributed by atoms with Crippen LogP contribution in [0.2, 0.25) is 0 Å². The van der Waals surface area contributed by atoms with E-state index in [9.17, 15) is 0 Å². The van der Waals surface area contributed by atoms with E-state index in [2.05, 4.69) is 12.2 Å². The summed E-state index contributed by atoms with van der Waals surface area (Å²) in [6.45, 7) is 2.46. The molecule has 2 heteroatoms. The van der Waals surface area contributed by atoms with Crippen molar-refractivity contribution in [2.24, 2.45) is 5.92 Å². The highest BCUT2D eigenvalue weighted by Gasteiger charge is 2.20. The first kappa shape index (κ1) is 17.7. The molecule has 0 aromatic carbocycles. The number of nitrogens with one attached hydrogen (secondary N) is 1. The van der Waals surface area contributed by atoms with E-state index in [0.717, 1.165) is 18.0 Å². The lowest BCUT2D eigenvalue weighted by molar-refractivity contribution is 0.284. The molecule has 0 radical (unpaired) electrons. The van der Waals surface area contributed by atoms with Crippen LogP contribution in [0.25, 0.3) is 0 Å². The van der Waals surface area contributed by atoms with Crippen molar-refractivity contribution in [3.05, 3.63) is 0 Å². The highest BCUT2D eigenvalue weighted by molar-refractivity contribution is 7.80. The molecule has 2 aliphatic carbocycles. The van der Waals surface area contributed by atoms with Gasteiger partial charge in [-0.05, 0) is 44.4 Å². The molecule has 2 aliphatic rings. The highest BCUT2D eigenvalue weighted by atomic mass is 32.1. The Kier molecular flexibility index (Phi) is 8.54. The van der Waals surface area contributed by atoms with Crippen molar-refractivity contribution in [3.8, 4) is 0 Å². The Morgan fingerprint density at radius 1 is 0.667 bits per heavy atom. The predicted molar refractivity (Wildman–Crippen MR) is 97.3 cm³/mol. The van der Waals surface area contributed by atoms with E-state index in [1.165, 1.54) is 89.9 Å². The van der Waals surface area contributed by atoms with Crippen LogP contribution in [-0.4, -0.2) is 17.3 Å². The van der Waals surface area contributed by atoms with Crippen LogP contribution < -0.4 is 5.32 Å². The third kappa shape index (κ3) is 7.41. The van der Waals surface area contributed by atoms with Crippen molar-refractivity contribution >= 4 is 12.6 Å². The maximum atomic E-state index is 4.79. The van der Waals surface area contributed by atoms with Crippen molar-refractivity contribution in [2.45, 2.75) is 114 Å². The van der Waals surface area contributed by atoms with E-state index in [4.69, 9.17) is 12.6 Å². The molecule has 1 nitrogen and oxygen atoms in total. The average molecular weight is 312 g/mol. The molecule has 0 saturated heterocycles. The number of hydrogen-bond acceptors (Lipinski definition) is 2. The second kappa shape index (κ2) is 10.2. The van der Waals surface area contributed by atoms with E-state index >= 15 is 0 Å². The molecule has 0 aromatic rings. The fourth-order valence-electron chi connectivity index (χ4n) is 4.24. The van der Waals surface area contributed by atoms with Crippen LogP contribution in [0.3, 0.4) is 0 Å². The molecule has 2 rings (SSSR count). The Hall–Kier alpha value is 0.310. The molecule has 4 atom stereocenters. The van der Waals surface area contributed by atoms with Gasteiger partial charge < -0.3 is 5.32 Å². The van der Waals surface area contributed by atoms with Gasteiger partial charge in [0.1, 0.15) is 0 Å². The monoisotopic (exact) mass is 311 g/mol. The van der Waals surface area contributed by atoms with Crippen molar-refractivity contribution in [1.29, 1.82) is 0 Å². The van der Waals surface area contributed by atoms with Gasteiger partial charge >= 0.3 is 0 Å².